The average molecular weight is 294 g/mol. The van der Waals surface area contributed by atoms with E-state index in [1.165, 1.54) is 0 Å². The quantitative estimate of drug-likeness (QED) is 0.899. The normalized spacial score (nSPS) is 21.0. The van der Waals surface area contributed by atoms with Crippen LogP contribution in [0.4, 0.5) is 10.5 Å². The number of amides is 1. The monoisotopic (exact) mass is 294 g/mol. The highest BCUT2D eigenvalue weighted by atomic mass is 16.6. The Hall–Kier alpha value is -1.72. The van der Waals surface area contributed by atoms with E-state index in [0.717, 1.165) is 31.6 Å². The zero-order valence-electron chi connectivity index (χ0n) is 13.3. The van der Waals surface area contributed by atoms with Crippen molar-refractivity contribution in [3.05, 3.63) is 12.4 Å². The molecule has 0 radical (unpaired) electrons. The molecule has 2 unspecified atom stereocenters. The van der Waals surface area contributed by atoms with Gasteiger partial charge in [-0.25, -0.2) is 4.79 Å². The van der Waals surface area contributed by atoms with Gasteiger partial charge in [-0.2, -0.15) is 5.10 Å². The molecule has 1 aromatic rings. The van der Waals surface area contributed by atoms with Crippen LogP contribution in [0, 0.1) is 5.92 Å². The van der Waals surface area contributed by atoms with Crippen LogP contribution in [0.25, 0.3) is 0 Å². The van der Waals surface area contributed by atoms with E-state index in [2.05, 4.69) is 22.4 Å². The maximum Gasteiger partial charge on any atom is 0.410 e. The number of ether oxygens (including phenoxy) is 1. The Labute approximate surface area is 126 Å². The molecular formula is C15H26N4O2. The molecule has 1 aliphatic rings. The molecule has 1 amide bonds. The van der Waals surface area contributed by atoms with Gasteiger partial charge < -0.3 is 15.0 Å². The van der Waals surface area contributed by atoms with Crippen LogP contribution in [0.3, 0.4) is 0 Å². The molecule has 0 saturated carbocycles. The lowest BCUT2D eigenvalue weighted by Crippen LogP contribution is -2.46. The summed E-state index contributed by atoms with van der Waals surface area (Å²) in [4.78, 5) is 14.0. The summed E-state index contributed by atoms with van der Waals surface area (Å²) < 4.78 is 5.46. The van der Waals surface area contributed by atoms with Gasteiger partial charge in [0.25, 0.3) is 0 Å². The zero-order valence-corrected chi connectivity index (χ0v) is 13.3. The summed E-state index contributed by atoms with van der Waals surface area (Å²) in [6.07, 6.45) is 5.53. The lowest BCUT2D eigenvalue weighted by molar-refractivity contribution is 0.0159. The highest BCUT2D eigenvalue weighted by Gasteiger charge is 2.30. The highest BCUT2D eigenvalue weighted by molar-refractivity contribution is 5.68. The van der Waals surface area contributed by atoms with Crippen molar-refractivity contribution in [1.82, 2.24) is 15.1 Å². The summed E-state index contributed by atoms with van der Waals surface area (Å²) in [7, 11) is 0. The number of aromatic nitrogens is 2. The first-order chi connectivity index (χ1) is 9.85. The van der Waals surface area contributed by atoms with Crippen molar-refractivity contribution in [2.45, 2.75) is 52.2 Å². The summed E-state index contributed by atoms with van der Waals surface area (Å²) in [6, 6.07) is 0.285. The molecule has 2 heterocycles. The molecule has 0 bridgehead atoms. The number of aromatic amines is 1. The molecule has 1 aromatic heterocycles. The number of piperidine rings is 1. The second kappa shape index (κ2) is 6.37. The number of nitrogens with one attached hydrogen (secondary N) is 2. The van der Waals surface area contributed by atoms with Gasteiger partial charge in [-0.15, -0.1) is 0 Å². The van der Waals surface area contributed by atoms with Crippen LogP contribution >= 0.6 is 0 Å². The van der Waals surface area contributed by atoms with Gasteiger partial charge in [-0.3, -0.25) is 5.10 Å². The lowest BCUT2D eigenvalue weighted by atomic mass is 9.91. The molecule has 1 fully saturated rings. The van der Waals surface area contributed by atoms with E-state index in [1.54, 1.807) is 6.20 Å². The van der Waals surface area contributed by atoms with Crippen molar-refractivity contribution in [3.63, 3.8) is 0 Å². The van der Waals surface area contributed by atoms with Crippen LogP contribution < -0.4 is 5.32 Å². The number of H-pyrrole nitrogens is 1. The number of hydrogen-bond donors (Lipinski definition) is 2. The maximum absolute atomic E-state index is 12.2. The Bertz CT molecular complexity index is 453. The summed E-state index contributed by atoms with van der Waals surface area (Å²) >= 11 is 0. The largest absolute Gasteiger partial charge is 0.444 e. The van der Waals surface area contributed by atoms with Gasteiger partial charge >= 0.3 is 6.09 Å². The van der Waals surface area contributed by atoms with E-state index in [-0.39, 0.29) is 12.1 Å². The molecule has 21 heavy (non-hydrogen) atoms. The number of carbonyl (C=O) groups excluding carboxylic acids is 1. The topological polar surface area (TPSA) is 70.2 Å². The smallest absolute Gasteiger partial charge is 0.410 e. The molecule has 1 aliphatic heterocycles. The fraction of sp³-hybridized carbons (Fsp3) is 0.733. The molecule has 0 spiro atoms. The van der Waals surface area contributed by atoms with Gasteiger partial charge in [0.1, 0.15) is 5.60 Å². The first kappa shape index (κ1) is 15.7. The van der Waals surface area contributed by atoms with Gasteiger partial charge in [0.2, 0.25) is 0 Å². The van der Waals surface area contributed by atoms with Crippen molar-refractivity contribution in [2.75, 3.05) is 18.4 Å². The van der Waals surface area contributed by atoms with Crippen LogP contribution in [0.5, 0.6) is 0 Å². The van der Waals surface area contributed by atoms with E-state index in [4.69, 9.17) is 4.74 Å². The maximum atomic E-state index is 12.2. The minimum Gasteiger partial charge on any atom is -0.444 e. The molecular weight excluding hydrogens is 268 g/mol. The van der Waals surface area contributed by atoms with Crippen molar-refractivity contribution < 1.29 is 9.53 Å². The number of nitrogens with zero attached hydrogens (tertiary/aromatic N) is 2. The van der Waals surface area contributed by atoms with Gasteiger partial charge in [0.15, 0.2) is 0 Å². The van der Waals surface area contributed by atoms with Crippen LogP contribution in [0.1, 0.15) is 40.5 Å². The van der Waals surface area contributed by atoms with Crippen molar-refractivity contribution in [3.8, 4) is 0 Å². The van der Waals surface area contributed by atoms with Crippen molar-refractivity contribution >= 4 is 11.8 Å². The number of anilines is 1. The first-order valence-corrected chi connectivity index (χ1v) is 7.58. The number of hydrogen-bond acceptors (Lipinski definition) is 4. The number of carbonyl (C=O) groups is 1. The molecule has 2 rings (SSSR count). The fourth-order valence-corrected chi connectivity index (χ4v) is 2.62. The molecule has 1 saturated heterocycles. The van der Waals surface area contributed by atoms with Crippen LogP contribution in [0.2, 0.25) is 0 Å². The van der Waals surface area contributed by atoms with Crippen LogP contribution in [-0.2, 0) is 4.74 Å². The van der Waals surface area contributed by atoms with E-state index in [1.807, 2.05) is 31.9 Å². The van der Waals surface area contributed by atoms with Gasteiger partial charge in [-0.05, 0) is 46.5 Å². The zero-order chi connectivity index (χ0) is 15.5. The molecule has 6 heteroatoms. The van der Waals surface area contributed by atoms with E-state index < -0.39 is 5.60 Å². The molecule has 118 valence electrons. The predicted octanol–water partition coefficient (Wildman–Crippen LogP) is 2.86. The van der Waals surface area contributed by atoms with E-state index in [9.17, 15) is 4.79 Å². The summed E-state index contributed by atoms with van der Waals surface area (Å²) in [6.45, 7) is 9.36. The molecule has 6 nitrogen and oxygen atoms in total. The standard InChI is InChI=1S/C15H26N4O2/c1-11(18-13-8-16-17-9-13)12-6-5-7-19(10-12)14(20)21-15(2,3)4/h8-9,11-12,18H,5-7,10H2,1-4H3,(H,16,17). The first-order valence-electron chi connectivity index (χ1n) is 7.58. The van der Waals surface area contributed by atoms with Gasteiger partial charge in [0, 0.05) is 25.3 Å². The second-order valence-electron chi connectivity index (χ2n) is 6.75. The average Bonchev–Trinajstić information content (AvgIpc) is 2.90. The third-order valence-electron chi connectivity index (χ3n) is 3.71. The van der Waals surface area contributed by atoms with E-state index >= 15 is 0 Å². The van der Waals surface area contributed by atoms with Gasteiger partial charge in [0.05, 0.1) is 11.9 Å². The Morgan fingerprint density at radius 3 is 2.95 bits per heavy atom. The van der Waals surface area contributed by atoms with Gasteiger partial charge in [-0.1, -0.05) is 0 Å². The van der Waals surface area contributed by atoms with Crippen molar-refractivity contribution in [2.24, 2.45) is 5.92 Å². The van der Waals surface area contributed by atoms with Crippen LogP contribution in [-0.4, -0.2) is 45.9 Å². The second-order valence-corrected chi connectivity index (χ2v) is 6.75. The Morgan fingerprint density at radius 1 is 1.57 bits per heavy atom. The third-order valence-corrected chi connectivity index (χ3v) is 3.71. The van der Waals surface area contributed by atoms with Crippen LogP contribution in [0.15, 0.2) is 12.4 Å². The summed E-state index contributed by atoms with van der Waals surface area (Å²) in [5.74, 6) is 0.418. The number of rotatable bonds is 3. The fourth-order valence-electron chi connectivity index (χ4n) is 2.62. The minimum absolute atomic E-state index is 0.206. The Kier molecular flexibility index (Phi) is 4.75. The molecule has 0 aromatic carbocycles. The minimum atomic E-state index is -0.440. The summed E-state index contributed by atoms with van der Waals surface area (Å²) in [5.41, 5.74) is 0.543. The molecule has 0 aliphatic carbocycles. The van der Waals surface area contributed by atoms with Crippen molar-refractivity contribution in [1.29, 1.82) is 0 Å². The van der Waals surface area contributed by atoms with E-state index in [0.29, 0.717) is 5.92 Å². The molecule has 2 N–H and O–H groups in total. The predicted molar refractivity (Wildman–Crippen MR) is 82.2 cm³/mol. The lowest BCUT2D eigenvalue weighted by Gasteiger charge is -2.36. The Morgan fingerprint density at radius 2 is 2.33 bits per heavy atom. The summed E-state index contributed by atoms with van der Waals surface area (Å²) in [5, 5.41) is 10.2. The number of likely N-dealkylation sites (tertiary alicyclic amines) is 1. The third kappa shape index (κ3) is 4.65. The molecule has 2 atom stereocenters. The Balaban J connectivity index is 1.89. The highest BCUT2D eigenvalue weighted by Crippen LogP contribution is 2.23. The SMILES string of the molecule is CC(Nc1cn[nH]c1)C1CCCN(C(=O)OC(C)(C)C)C1.